The molecule has 3 heterocycles. The summed E-state index contributed by atoms with van der Waals surface area (Å²) in [5.41, 5.74) is 5.35. The Morgan fingerprint density at radius 1 is 1.19 bits per heavy atom. The molecule has 0 saturated heterocycles. The molecular weight excluding hydrogens is 386 g/mol. The van der Waals surface area contributed by atoms with Crippen molar-refractivity contribution in [2.75, 3.05) is 11.9 Å². The quantitative estimate of drug-likeness (QED) is 0.720. The van der Waals surface area contributed by atoms with Gasteiger partial charge in [-0.25, -0.2) is 0 Å². The van der Waals surface area contributed by atoms with E-state index in [2.05, 4.69) is 48.1 Å². The summed E-state index contributed by atoms with van der Waals surface area (Å²) in [4.78, 5) is 27.1. The van der Waals surface area contributed by atoms with Crippen LogP contribution in [0.2, 0.25) is 0 Å². The lowest BCUT2D eigenvalue weighted by Gasteiger charge is -2.31. The van der Waals surface area contributed by atoms with Gasteiger partial charge in [0.1, 0.15) is 0 Å². The lowest BCUT2D eigenvalue weighted by molar-refractivity contribution is -0.139. The molecule has 5 nitrogen and oxygen atoms in total. The number of rotatable bonds is 4. The molecule has 1 fully saturated rings. The second kappa shape index (κ2) is 7.85. The van der Waals surface area contributed by atoms with Crippen molar-refractivity contribution < 1.29 is 9.59 Å². The summed E-state index contributed by atoms with van der Waals surface area (Å²) in [6, 6.07) is 6.43. The Morgan fingerprint density at radius 2 is 1.97 bits per heavy atom. The van der Waals surface area contributed by atoms with E-state index in [-0.39, 0.29) is 17.7 Å². The highest BCUT2D eigenvalue weighted by Gasteiger charge is 2.43. The summed E-state index contributed by atoms with van der Waals surface area (Å²) in [6.45, 7) is 7.36. The third kappa shape index (κ3) is 3.38. The van der Waals surface area contributed by atoms with Gasteiger partial charge in [0.05, 0.1) is 12.1 Å². The SMILES string of the molecule is CC(=O)N1CC2=C(C1=O)C(C1CCCCC1)c1cn(CCC(C)C)c3cccc(c13)N2. The van der Waals surface area contributed by atoms with E-state index in [0.29, 0.717) is 18.4 Å². The number of nitrogens with zero attached hydrogens (tertiary/aromatic N) is 2. The van der Waals surface area contributed by atoms with Crippen LogP contribution in [0.5, 0.6) is 0 Å². The van der Waals surface area contributed by atoms with Crippen molar-refractivity contribution in [3.05, 3.63) is 41.2 Å². The van der Waals surface area contributed by atoms with Crippen molar-refractivity contribution in [1.29, 1.82) is 0 Å². The fourth-order valence-corrected chi connectivity index (χ4v) is 5.85. The van der Waals surface area contributed by atoms with Crippen LogP contribution in [0.1, 0.15) is 70.8 Å². The summed E-state index contributed by atoms with van der Waals surface area (Å²) < 4.78 is 2.39. The number of imide groups is 1. The number of nitrogens with one attached hydrogen (secondary N) is 1. The van der Waals surface area contributed by atoms with E-state index in [0.717, 1.165) is 42.8 Å². The van der Waals surface area contributed by atoms with Gasteiger partial charge in [-0.1, -0.05) is 39.2 Å². The summed E-state index contributed by atoms with van der Waals surface area (Å²) in [7, 11) is 0. The predicted molar refractivity (Wildman–Crippen MR) is 124 cm³/mol. The normalized spacial score (nSPS) is 21.6. The minimum absolute atomic E-state index is 0.0612. The fraction of sp³-hybridized carbons (Fsp3) is 0.538. The van der Waals surface area contributed by atoms with E-state index in [1.54, 1.807) is 0 Å². The lowest BCUT2D eigenvalue weighted by atomic mass is 9.73. The number of hydrogen-bond donors (Lipinski definition) is 1. The Hall–Kier alpha value is -2.56. The lowest BCUT2D eigenvalue weighted by Crippen LogP contribution is -2.34. The molecule has 1 aromatic heterocycles. The molecule has 1 aliphatic carbocycles. The summed E-state index contributed by atoms with van der Waals surface area (Å²) in [5.74, 6) is 0.883. The fourth-order valence-electron chi connectivity index (χ4n) is 5.85. The molecule has 164 valence electrons. The second-order valence-corrected chi connectivity index (χ2v) is 9.96. The van der Waals surface area contributed by atoms with Crippen molar-refractivity contribution in [3.63, 3.8) is 0 Å². The Balaban J connectivity index is 1.68. The third-order valence-electron chi connectivity index (χ3n) is 7.43. The van der Waals surface area contributed by atoms with Gasteiger partial charge in [0.25, 0.3) is 5.91 Å². The van der Waals surface area contributed by atoms with Crippen molar-refractivity contribution in [3.8, 4) is 0 Å². The van der Waals surface area contributed by atoms with Crippen LogP contribution in [0.15, 0.2) is 35.7 Å². The molecule has 0 spiro atoms. The Morgan fingerprint density at radius 3 is 2.68 bits per heavy atom. The highest BCUT2D eigenvalue weighted by molar-refractivity contribution is 6.10. The first-order chi connectivity index (χ1) is 15.0. The molecule has 3 aliphatic rings. The van der Waals surface area contributed by atoms with Crippen molar-refractivity contribution in [1.82, 2.24) is 9.47 Å². The Labute approximate surface area is 184 Å². The molecular formula is C26H33N3O2. The first kappa shape index (κ1) is 20.3. The minimum atomic E-state index is -0.171. The Kier molecular flexibility index (Phi) is 5.15. The second-order valence-electron chi connectivity index (χ2n) is 9.96. The van der Waals surface area contributed by atoms with Crippen LogP contribution in [0.4, 0.5) is 5.69 Å². The number of carbonyl (C=O) groups excluding carboxylic acids is 2. The van der Waals surface area contributed by atoms with Crippen LogP contribution in [0, 0.1) is 11.8 Å². The molecule has 1 atom stereocenters. The summed E-state index contributed by atoms with van der Waals surface area (Å²) >= 11 is 0. The van der Waals surface area contributed by atoms with Gasteiger partial charge in [0, 0.05) is 47.9 Å². The molecule has 1 saturated carbocycles. The van der Waals surface area contributed by atoms with Crippen molar-refractivity contribution >= 4 is 28.4 Å². The van der Waals surface area contributed by atoms with Gasteiger partial charge in [-0.15, -0.1) is 0 Å². The molecule has 31 heavy (non-hydrogen) atoms. The first-order valence-corrected chi connectivity index (χ1v) is 11.9. The molecule has 2 aliphatic heterocycles. The molecule has 0 radical (unpaired) electrons. The highest BCUT2D eigenvalue weighted by Crippen LogP contribution is 2.49. The van der Waals surface area contributed by atoms with Gasteiger partial charge in [0.2, 0.25) is 5.91 Å². The number of benzene rings is 1. The van der Waals surface area contributed by atoms with Gasteiger partial charge in [-0.3, -0.25) is 14.5 Å². The largest absolute Gasteiger partial charge is 0.356 e. The number of aromatic nitrogens is 1. The predicted octanol–water partition coefficient (Wildman–Crippen LogP) is 5.42. The summed E-state index contributed by atoms with van der Waals surface area (Å²) in [6.07, 6.45) is 9.46. The van der Waals surface area contributed by atoms with Gasteiger partial charge in [-0.2, -0.15) is 0 Å². The molecule has 5 heteroatoms. The van der Waals surface area contributed by atoms with Crippen LogP contribution in [0.25, 0.3) is 10.9 Å². The molecule has 5 rings (SSSR count). The van der Waals surface area contributed by atoms with E-state index in [4.69, 9.17) is 0 Å². The van der Waals surface area contributed by atoms with E-state index < -0.39 is 0 Å². The van der Waals surface area contributed by atoms with Crippen LogP contribution in [-0.4, -0.2) is 27.8 Å². The van der Waals surface area contributed by atoms with Crippen molar-refractivity contribution in [2.45, 2.75) is 71.8 Å². The van der Waals surface area contributed by atoms with Gasteiger partial charge in [-0.05, 0) is 48.8 Å². The average molecular weight is 420 g/mol. The zero-order valence-corrected chi connectivity index (χ0v) is 18.9. The molecule has 0 bridgehead atoms. The van der Waals surface area contributed by atoms with Gasteiger partial charge < -0.3 is 9.88 Å². The number of aryl methyl sites for hydroxylation is 1. The zero-order chi connectivity index (χ0) is 21.7. The monoisotopic (exact) mass is 419 g/mol. The van der Waals surface area contributed by atoms with Crippen molar-refractivity contribution in [2.24, 2.45) is 11.8 Å². The van der Waals surface area contributed by atoms with E-state index in [9.17, 15) is 9.59 Å². The molecule has 2 amide bonds. The average Bonchev–Trinajstić information content (AvgIpc) is 3.23. The topological polar surface area (TPSA) is 54.3 Å². The number of carbonyl (C=O) groups is 2. The maximum absolute atomic E-state index is 13.5. The minimum Gasteiger partial charge on any atom is -0.356 e. The number of anilines is 1. The highest BCUT2D eigenvalue weighted by atomic mass is 16.2. The van der Waals surface area contributed by atoms with Gasteiger partial charge in [0.15, 0.2) is 0 Å². The first-order valence-electron chi connectivity index (χ1n) is 11.9. The maximum atomic E-state index is 13.5. The molecule has 1 N–H and O–H groups in total. The van der Waals surface area contributed by atoms with E-state index in [1.807, 2.05) is 0 Å². The van der Waals surface area contributed by atoms with E-state index >= 15 is 0 Å². The molecule has 2 aromatic rings. The third-order valence-corrected chi connectivity index (χ3v) is 7.43. The molecule has 1 unspecified atom stereocenters. The summed E-state index contributed by atoms with van der Waals surface area (Å²) in [5, 5.41) is 4.86. The standard InChI is InChI=1S/C26H33N3O2/c1-16(2)12-13-28-14-19-23(18-8-5-4-6-9-18)25-21(15-29(17(3)30)26(25)31)27-20-10-7-11-22(28)24(19)20/h7,10-11,14,16,18,23,27H,4-6,8-9,12-13,15H2,1-3H3. The maximum Gasteiger partial charge on any atom is 0.259 e. The molecule has 1 aromatic carbocycles. The van der Waals surface area contributed by atoms with Crippen LogP contribution < -0.4 is 5.32 Å². The van der Waals surface area contributed by atoms with E-state index in [1.165, 1.54) is 47.6 Å². The smallest absolute Gasteiger partial charge is 0.259 e. The Bertz CT molecular complexity index is 1070. The van der Waals surface area contributed by atoms with Crippen LogP contribution in [-0.2, 0) is 16.1 Å². The van der Waals surface area contributed by atoms with Crippen LogP contribution >= 0.6 is 0 Å². The van der Waals surface area contributed by atoms with Gasteiger partial charge >= 0.3 is 0 Å². The number of hydrogen-bond acceptors (Lipinski definition) is 3. The van der Waals surface area contributed by atoms with Crippen LogP contribution in [0.3, 0.4) is 0 Å². The number of amides is 2. The zero-order valence-electron chi connectivity index (χ0n) is 18.9.